The van der Waals surface area contributed by atoms with Crippen molar-refractivity contribution in [2.75, 3.05) is 12.5 Å². The smallest absolute Gasteiger partial charge is 0.255 e. The van der Waals surface area contributed by atoms with Gasteiger partial charge in [0.1, 0.15) is 0 Å². The lowest BCUT2D eigenvalue weighted by atomic mass is 10.2. The summed E-state index contributed by atoms with van der Waals surface area (Å²) in [5.41, 5.74) is 0.686. The van der Waals surface area contributed by atoms with Gasteiger partial charge < -0.3 is 9.47 Å². The van der Waals surface area contributed by atoms with Crippen molar-refractivity contribution in [2.45, 2.75) is 10.8 Å². The van der Waals surface area contributed by atoms with Crippen LogP contribution >= 0.6 is 50.7 Å². The first-order valence-corrected chi connectivity index (χ1v) is 6.65. The van der Waals surface area contributed by atoms with Gasteiger partial charge >= 0.3 is 0 Å². The normalized spacial score (nSPS) is 29.6. The van der Waals surface area contributed by atoms with Crippen LogP contribution in [0.15, 0.2) is 18.2 Å². The zero-order valence-electron chi connectivity index (χ0n) is 8.05. The summed E-state index contributed by atoms with van der Waals surface area (Å²) in [5.74, 6) is 0.374. The van der Waals surface area contributed by atoms with Crippen LogP contribution in [0.4, 0.5) is 0 Å². The third-order valence-electron chi connectivity index (χ3n) is 2.20. The molecule has 16 heavy (non-hydrogen) atoms. The highest BCUT2D eigenvalue weighted by atomic mass is 79.9. The van der Waals surface area contributed by atoms with Gasteiger partial charge in [-0.1, -0.05) is 23.2 Å². The van der Waals surface area contributed by atoms with Crippen molar-refractivity contribution in [3.8, 4) is 0 Å². The van der Waals surface area contributed by atoms with Gasteiger partial charge in [-0.25, -0.2) is 0 Å². The molecule has 0 aliphatic carbocycles. The minimum absolute atomic E-state index is 0.146. The van der Waals surface area contributed by atoms with Gasteiger partial charge in [-0.3, -0.25) is 0 Å². The molecule has 0 bridgehead atoms. The summed E-state index contributed by atoms with van der Waals surface area (Å²) in [5, 5.41) is 1.05. The van der Waals surface area contributed by atoms with Gasteiger partial charge in [-0.05, 0) is 34.1 Å². The molecule has 0 amide bonds. The van der Waals surface area contributed by atoms with Crippen molar-refractivity contribution in [3.63, 3.8) is 0 Å². The van der Waals surface area contributed by atoms with Crippen molar-refractivity contribution in [1.29, 1.82) is 0 Å². The molecule has 2 atom stereocenters. The van der Waals surface area contributed by atoms with E-state index in [4.69, 9.17) is 44.3 Å². The van der Waals surface area contributed by atoms with Crippen LogP contribution in [0.3, 0.4) is 0 Å². The lowest BCUT2D eigenvalue weighted by Gasteiger charge is -2.22. The van der Waals surface area contributed by atoms with Crippen molar-refractivity contribution < 1.29 is 9.47 Å². The first-order valence-electron chi connectivity index (χ1n) is 4.57. The van der Waals surface area contributed by atoms with Gasteiger partial charge in [-0.15, -0.1) is 11.6 Å². The molecule has 0 spiro atoms. The summed E-state index contributed by atoms with van der Waals surface area (Å²) in [6.07, 6.45) is -0.146. The number of benzene rings is 1. The van der Waals surface area contributed by atoms with E-state index in [0.29, 0.717) is 28.1 Å². The molecule has 1 aliphatic heterocycles. The highest BCUT2D eigenvalue weighted by Gasteiger charge is 2.42. The van der Waals surface area contributed by atoms with Crippen molar-refractivity contribution in [2.24, 2.45) is 0 Å². The average molecular weight is 346 g/mol. The molecule has 2 rings (SSSR count). The lowest BCUT2D eigenvalue weighted by Crippen LogP contribution is -2.21. The maximum absolute atomic E-state index is 6.08. The molecule has 0 radical (unpaired) electrons. The molecule has 1 fully saturated rings. The largest absolute Gasteiger partial charge is 0.334 e. The molecule has 1 heterocycles. The minimum Gasteiger partial charge on any atom is -0.334 e. The summed E-state index contributed by atoms with van der Waals surface area (Å²) < 4.78 is 10.2. The first-order chi connectivity index (χ1) is 7.55. The molecule has 1 aromatic rings. The monoisotopic (exact) mass is 344 g/mol. The van der Waals surface area contributed by atoms with E-state index < -0.39 is 4.70 Å². The Balaban J connectivity index is 2.30. The Labute approximate surface area is 117 Å². The molecule has 88 valence electrons. The second kappa shape index (κ2) is 5.01. The third kappa shape index (κ3) is 2.50. The number of halogens is 4. The molecule has 1 aromatic carbocycles. The maximum atomic E-state index is 6.08. The van der Waals surface area contributed by atoms with Gasteiger partial charge in [0, 0.05) is 10.6 Å². The number of hydrogen-bond acceptors (Lipinski definition) is 2. The van der Waals surface area contributed by atoms with Crippen molar-refractivity contribution >= 4 is 50.7 Å². The van der Waals surface area contributed by atoms with Crippen LogP contribution < -0.4 is 0 Å². The fourth-order valence-electron chi connectivity index (χ4n) is 1.43. The van der Waals surface area contributed by atoms with Crippen LogP contribution in [-0.4, -0.2) is 18.6 Å². The Bertz CT molecular complexity index is 402. The van der Waals surface area contributed by atoms with E-state index in [1.54, 1.807) is 18.2 Å². The SMILES string of the molecule is ClC[C@@H]1CO[C@@](Br)(c2ccc(Cl)cc2Cl)O1. The number of rotatable bonds is 2. The van der Waals surface area contributed by atoms with E-state index in [1.807, 2.05) is 0 Å². The molecule has 6 heteroatoms. The predicted octanol–water partition coefficient (Wildman–Crippen LogP) is 4.15. The standard InChI is InChI=1S/C10H8BrCl3O2/c11-10(15-5-7(4-12)16-10)8-2-1-6(13)3-9(8)14/h1-3,7H,4-5H2/t7-,10+/m1/s1. The minimum atomic E-state index is -1.02. The Kier molecular flexibility index (Phi) is 4.05. The Morgan fingerprint density at radius 3 is 2.75 bits per heavy atom. The van der Waals surface area contributed by atoms with Crippen molar-refractivity contribution in [1.82, 2.24) is 0 Å². The van der Waals surface area contributed by atoms with Crippen LogP contribution in [0, 0.1) is 0 Å². The van der Waals surface area contributed by atoms with E-state index in [2.05, 4.69) is 15.9 Å². The van der Waals surface area contributed by atoms with Gasteiger partial charge in [-0.2, -0.15) is 0 Å². The zero-order chi connectivity index (χ0) is 11.8. The Morgan fingerprint density at radius 2 is 2.19 bits per heavy atom. The average Bonchev–Trinajstić information content (AvgIpc) is 2.61. The zero-order valence-corrected chi connectivity index (χ0v) is 11.9. The third-order valence-corrected chi connectivity index (χ3v) is 3.93. The molecular weight excluding hydrogens is 338 g/mol. The van der Waals surface area contributed by atoms with E-state index in [-0.39, 0.29) is 6.10 Å². The van der Waals surface area contributed by atoms with E-state index >= 15 is 0 Å². The van der Waals surface area contributed by atoms with Gasteiger partial charge in [0.25, 0.3) is 4.70 Å². The quantitative estimate of drug-likeness (QED) is 0.749. The first kappa shape index (κ1) is 12.9. The molecule has 1 aliphatic rings. The lowest BCUT2D eigenvalue weighted by molar-refractivity contribution is -0.0860. The maximum Gasteiger partial charge on any atom is 0.255 e. The summed E-state index contributed by atoms with van der Waals surface area (Å²) in [6, 6.07) is 5.13. The molecule has 0 N–H and O–H groups in total. The summed E-state index contributed by atoms with van der Waals surface area (Å²) in [7, 11) is 0. The number of ether oxygens (including phenoxy) is 2. The fourth-order valence-corrected chi connectivity index (χ4v) is 2.97. The molecule has 1 saturated heterocycles. The van der Waals surface area contributed by atoms with Crippen LogP contribution in [0.5, 0.6) is 0 Å². The highest BCUT2D eigenvalue weighted by molar-refractivity contribution is 9.09. The van der Waals surface area contributed by atoms with E-state index in [9.17, 15) is 0 Å². The second-order valence-corrected chi connectivity index (χ2v) is 5.56. The van der Waals surface area contributed by atoms with Crippen LogP contribution in [0.2, 0.25) is 10.0 Å². The topological polar surface area (TPSA) is 18.5 Å². The predicted molar refractivity (Wildman–Crippen MR) is 68.6 cm³/mol. The molecule has 0 aromatic heterocycles. The number of hydrogen-bond donors (Lipinski definition) is 0. The number of alkyl halides is 2. The highest BCUT2D eigenvalue weighted by Crippen LogP contribution is 2.43. The van der Waals surface area contributed by atoms with Crippen LogP contribution in [0.25, 0.3) is 0 Å². The molecule has 2 nitrogen and oxygen atoms in total. The summed E-state index contributed by atoms with van der Waals surface area (Å²) >= 11 is 21.0. The fraction of sp³-hybridized carbons (Fsp3) is 0.400. The second-order valence-electron chi connectivity index (χ2n) is 3.37. The van der Waals surface area contributed by atoms with Crippen LogP contribution in [-0.2, 0) is 14.2 Å². The van der Waals surface area contributed by atoms with E-state index in [1.165, 1.54) is 0 Å². The Morgan fingerprint density at radius 1 is 1.44 bits per heavy atom. The molecule has 0 saturated carbocycles. The molecule has 0 unspecified atom stereocenters. The van der Waals surface area contributed by atoms with E-state index in [0.717, 1.165) is 0 Å². The summed E-state index contributed by atoms with van der Waals surface area (Å²) in [6.45, 7) is 0.424. The molecular formula is C10H8BrCl3O2. The van der Waals surface area contributed by atoms with Gasteiger partial charge in [0.05, 0.1) is 23.6 Å². The van der Waals surface area contributed by atoms with Gasteiger partial charge in [0.2, 0.25) is 0 Å². The van der Waals surface area contributed by atoms with Crippen molar-refractivity contribution in [3.05, 3.63) is 33.8 Å². The van der Waals surface area contributed by atoms with Crippen LogP contribution in [0.1, 0.15) is 5.56 Å². The summed E-state index contributed by atoms with van der Waals surface area (Å²) in [4.78, 5) is 0. The van der Waals surface area contributed by atoms with Gasteiger partial charge in [0.15, 0.2) is 0 Å². The Hall–Kier alpha value is 0.490.